The van der Waals surface area contributed by atoms with E-state index in [9.17, 15) is 9.18 Å². The summed E-state index contributed by atoms with van der Waals surface area (Å²) in [6.45, 7) is 2.13. The molecule has 3 nitrogen and oxygen atoms in total. The SMILES string of the molecule is COC(=O)c1cc(C2(CN)CCCCC2)c(F)cc1C. The number of benzene rings is 1. The molecule has 1 aromatic carbocycles. The Bertz CT molecular complexity index is 507. The first kappa shape index (κ1) is 15.0. The molecule has 1 saturated carbocycles. The van der Waals surface area contributed by atoms with Gasteiger partial charge in [0.25, 0.3) is 0 Å². The lowest BCUT2D eigenvalue weighted by Crippen LogP contribution is -2.38. The van der Waals surface area contributed by atoms with Crippen LogP contribution in [0.3, 0.4) is 0 Å². The average molecular weight is 279 g/mol. The molecule has 20 heavy (non-hydrogen) atoms. The van der Waals surface area contributed by atoms with Crippen molar-refractivity contribution in [1.82, 2.24) is 0 Å². The van der Waals surface area contributed by atoms with Crippen molar-refractivity contribution in [2.45, 2.75) is 44.4 Å². The lowest BCUT2D eigenvalue weighted by Gasteiger charge is -2.37. The van der Waals surface area contributed by atoms with Gasteiger partial charge in [-0.05, 0) is 43.0 Å². The number of ether oxygens (including phenoxy) is 1. The number of hydrogen-bond acceptors (Lipinski definition) is 3. The van der Waals surface area contributed by atoms with E-state index in [4.69, 9.17) is 10.5 Å². The molecule has 4 heteroatoms. The van der Waals surface area contributed by atoms with Gasteiger partial charge in [-0.25, -0.2) is 9.18 Å². The molecule has 2 N–H and O–H groups in total. The van der Waals surface area contributed by atoms with Gasteiger partial charge in [0.1, 0.15) is 5.82 Å². The standard InChI is InChI=1S/C16H22FNO2/c1-11-8-14(17)13(9-12(11)15(19)20-2)16(10-18)6-4-3-5-7-16/h8-9H,3-7,10,18H2,1-2H3. The highest BCUT2D eigenvalue weighted by Gasteiger charge is 2.35. The number of rotatable bonds is 3. The molecule has 1 fully saturated rings. The molecule has 1 aliphatic carbocycles. The number of carbonyl (C=O) groups is 1. The summed E-state index contributed by atoms with van der Waals surface area (Å²) < 4.78 is 19.2. The lowest BCUT2D eigenvalue weighted by molar-refractivity contribution is 0.0599. The minimum Gasteiger partial charge on any atom is -0.465 e. The van der Waals surface area contributed by atoms with Gasteiger partial charge in [-0.2, -0.15) is 0 Å². The van der Waals surface area contributed by atoms with Crippen LogP contribution in [0.2, 0.25) is 0 Å². The van der Waals surface area contributed by atoms with Crippen molar-refractivity contribution >= 4 is 5.97 Å². The summed E-state index contributed by atoms with van der Waals surface area (Å²) in [6.07, 6.45) is 5.03. The zero-order valence-corrected chi connectivity index (χ0v) is 12.2. The van der Waals surface area contributed by atoms with Crippen molar-refractivity contribution in [2.75, 3.05) is 13.7 Å². The molecule has 110 valence electrons. The Kier molecular flexibility index (Phi) is 4.43. The van der Waals surface area contributed by atoms with Crippen LogP contribution in [0.1, 0.15) is 53.6 Å². The van der Waals surface area contributed by atoms with E-state index in [0.717, 1.165) is 25.7 Å². The van der Waals surface area contributed by atoms with E-state index < -0.39 is 5.97 Å². The number of nitrogens with two attached hydrogens (primary N) is 1. The molecule has 0 bridgehead atoms. The first-order valence-electron chi connectivity index (χ1n) is 7.13. The van der Waals surface area contributed by atoms with Crippen LogP contribution in [-0.2, 0) is 10.2 Å². The van der Waals surface area contributed by atoms with E-state index >= 15 is 0 Å². The van der Waals surface area contributed by atoms with Crippen molar-refractivity contribution in [3.8, 4) is 0 Å². The molecule has 0 aromatic heterocycles. The molecule has 0 spiro atoms. The van der Waals surface area contributed by atoms with Crippen molar-refractivity contribution in [3.63, 3.8) is 0 Å². The van der Waals surface area contributed by atoms with Crippen LogP contribution < -0.4 is 5.73 Å². The maximum absolute atomic E-state index is 14.4. The predicted molar refractivity (Wildman–Crippen MR) is 76.3 cm³/mol. The fourth-order valence-electron chi connectivity index (χ4n) is 3.22. The second-order valence-electron chi connectivity index (χ2n) is 5.68. The van der Waals surface area contributed by atoms with Crippen LogP contribution in [0.15, 0.2) is 12.1 Å². The topological polar surface area (TPSA) is 52.3 Å². The van der Waals surface area contributed by atoms with Crippen LogP contribution >= 0.6 is 0 Å². The summed E-state index contributed by atoms with van der Waals surface area (Å²) in [5.41, 5.74) is 7.22. The molecular formula is C16H22FNO2. The van der Waals surface area contributed by atoms with Gasteiger partial charge in [0.05, 0.1) is 12.7 Å². The summed E-state index contributed by atoms with van der Waals surface area (Å²) in [4.78, 5) is 11.8. The van der Waals surface area contributed by atoms with Crippen LogP contribution in [0.25, 0.3) is 0 Å². The van der Waals surface area contributed by atoms with Gasteiger partial charge in [-0.15, -0.1) is 0 Å². The van der Waals surface area contributed by atoms with E-state index in [1.807, 2.05) is 0 Å². The van der Waals surface area contributed by atoms with E-state index in [1.165, 1.54) is 19.6 Å². The van der Waals surface area contributed by atoms with Gasteiger partial charge in [0.2, 0.25) is 0 Å². The Labute approximate surface area is 119 Å². The summed E-state index contributed by atoms with van der Waals surface area (Å²) >= 11 is 0. The number of halogens is 1. The molecule has 1 aromatic rings. The molecule has 0 amide bonds. The number of methoxy groups -OCH3 is 1. The summed E-state index contributed by atoms with van der Waals surface area (Å²) in [6, 6.07) is 3.07. The monoisotopic (exact) mass is 279 g/mol. The minimum absolute atomic E-state index is 0.262. The Morgan fingerprint density at radius 1 is 1.35 bits per heavy atom. The Morgan fingerprint density at radius 3 is 2.55 bits per heavy atom. The smallest absolute Gasteiger partial charge is 0.338 e. The van der Waals surface area contributed by atoms with Crippen LogP contribution in [-0.4, -0.2) is 19.6 Å². The quantitative estimate of drug-likeness (QED) is 0.865. The van der Waals surface area contributed by atoms with Gasteiger partial charge in [0, 0.05) is 12.0 Å². The summed E-state index contributed by atoms with van der Waals surface area (Å²) in [7, 11) is 1.34. The van der Waals surface area contributed by atoms with Crippen molar-refractivity contribution in [1.29, 1.82) is 0 Å². The lowest BCUT2D eigenvalue weighted by atomic mass is 9.69. The molecule has 0 unspecified atom stereocenters. The van der Waals surface area contributed by atoms with Crippen molar-refractivity contribution < 1.29 is 13.9 Å². The maximum Gasteiger partial charge on any atom is 0.338 e. The maximum atomic E-state index is 14.4. The molecule has 0 heterocycles. The first-order valence-corrected chi connectivity index (χ1v) is 7.13. The summed E-state index contributed by atoms with van der Waals surface area (Å²) in [5.74, 6) is -0.686. The van der Waals surface area contributed by atoms with Gasteiger partial charge in [0.15, 0.2) is 0 Å². The Hall–Kier alpha value is -1.42. The van der Waals surface area contributed by atoms with Crippen molar-refractivity contribution in [2.24, 2.45) is 5.73 Å². The largest absolute Gasteiger partial charge is 0.465 e. The number of esters is 1. The Morgan fingerprint density at radius 2 is 2.00 bits per heavy atom. The van der Waals surface area contributed by atoms with Crippen LogP contribution in [0, 0.1) is 12.7 Å². The zero-order chi connectivity index (χ0) is 14.8. The second-order valence-corrected chi connectivity index (χ2v) is 5.68. The molecule has 1 aliphatic rings. The molecule has 0 radical (unpaired) electrons. The highest BCUT2D eigenvalue weighted by atomic mass is 19.1. The van der Waals surface area contributed by atoms with E-state index in [2.05, 4.69) is 0 Å². The third kappa shape index (κ3) is 2.57. The van der Waals surface area contributed by atoms with Gasteiger partial charge < -0.3 is 10.5 Å². The number of hydrogen-bond donors (Lipinski definition) is 1. The number of carbonyl (C=O) groups excluding carboxylic acids is 1. The molecular weight excluding hydrogens is 257 g/mol. The van der Waals surface area contributed by atoms with E-state index in [0.29, 0.717) is 23.2 Å². The van der Waals surface area contributed by atoms with Crippen LogP contribution in [0.4, 0.5) is 4.39 Å². The second kappa shape index (κ2) is 5.92. The third-order valence-corrected chi connectivity index (χ3v) is 4.49. The van der Waals surface area contributed by atoms with Gasteiger partial charge in [-0.3, -0.25) is 0 Å². The van der Waals surface area contributed by atoms with Crippen molar-refractivity contribution in [3.05, 3.63) is 34.6 Å². The third-order valence-electron chi connectivity index (χ3n) is 4.49. The normalized spacial score (nSPS) is 17.8. The fourth-order valence-corrected chi connectivity index (χ4v) is 3.22. The molecule has 0 saturated heterocycles. The first-order chi connectivity index (χ1) is 9.54. The molecule has 2 rings (SSSR count). The minimum atomic E-state index is -0.424. The van der Waals surface area contributed by atoms with Gasteiger partial charge >= 0.3 is 5.97 Å². The number of aryl methyl sites for hydroxylation is 1. The zero-order valence-electron chi connectivity index (χ0n) is 12.2. The Balaban J connectivity index is 2.52. The van der Waals surface area contributed by atoms with Crippen LogP contribution in [0.5, 0.6) is 0 Å². The highest BCUT2D eigenvalue weighted by Crippen LogP contribution is 2.40. The van der Waals surface area contributed by atoms with E-state index in [-0.39, 0.29) is 11.2 Å². The molecule has 0 aliphatic heterocycles. The van der Waals surface area contributed by atoms with Gasteiger partial charge in [-0.1, -0.05) is 19.3 Å². The van der Waals surface area contributed by atoms with E-state index in [1.54, 1.807) is 13.0 Å². The molecule has 0 atom stereocenters. The summed E-state index contributed by atoms with van der Waals surface area (Å²) in [5, 5.41) is 0. The average Bonchev–Trinajstić information content (AvgIpc) is 2.47. The fraction of sp³-hybridized carbons (Fsp3) is 0.562. The highest BCUT2D eigenvalue weighted by molar-refractivity contribution is 5.91. The predicted octanol–water partition coefficient (Wildman–Crippen LogP) is 3.08.